The van der Waals surface area contributed by atoms with E-state index in [2.05, 4.69) is 0 Å². The Morgan fingerprint density at radius 1 is 0.893 bits per heavy atom. The van der Waals surface area contributed by atoms with E-state index in [0.717, 1.165) is 42.1 Å². The smallest absolute Gasteiger partial charge is 0.270 e. The molecule has 1 saturated carbocycles. The number of hydrogen-bond acceptors (Lipinski definition) is 3. The van der Waals surface area contributed by atoms with E-state index in [9.17, 15) is 14.9 Å². The monoisotopic (exact) mass is 374 g/mol. The van der Waals surface area contributed by atoms with Crippen LogP contribution in [-0.4, -0.2) is 16.9 Å². The molecular weight excluding hydrogens is 352 g/mol. The third kappa shape index (κ3) is 3.60. The summed E-state index contributed by atoms with van der Waals surface area (Å²) in [5.74, 6) is -0.175. The van der Waals surface area contributed by atoms with Crippen molar-refractivity contribution in [1.82, 2.24) is 0 Å². The van der Waals surface area contributed by atoms with Gasteiger partial charge in [-0.3, -0.25) is 14.9 Å². The summed E-state index contributed by atoms with van der Waals surface area (Å²) in [6, 6.07) is 20.2. The number of rotatable bonds is 4. The standard InChI is InChI=1S/C23H22N2O3/c26-23(19-9-6-12-22(16-19)25(27)28)24(20-10-2-1-3-11-20)21-14-13-17-7-4-5-8-18(17)15-21/h4-9,12-16,20H,1-3,10-11H2. The van der Waals surface area contributed by atoms with E-state index in [4.69, 9.17) is 0 Å². The average molecular weight is 374 g/mol. The van der Waals surface area contributed by atoms with Crippen LogP contribution in [0.25, 0.3) is 10.8 Å². The van der Waals surface area contributed by atoms with Crippen molar-refractivity contribution in [3.8, 4) is 0 Å². The summed E-state index contributed by atoms with van der Waals surface area (Å²) in [6.45, 7) is 0. The second kappa shape index (κ2) is 7.80. The van der Waals surface area contributed by atoms with Crippen LogP contribution < -0.4 is 4.90 Å². The van der Waals surface area contributed by atoms with Gasteiger partial charge in [-0.2, -0.15) is 0 Å². The topological polar surface area (TPSA) is 63.4 Å². The Morgan fingerprint density at radius 2 is 1.64 bits per heavy atom. The van der Waals surface area contributed by atoms with Gasteiger partial charge in [0, 0.05) is 29.4 Å². The fourth-order valence-corrected chi connectivity index (χ4v) is 4.05. The highest BCUT2D eigenvalue weighted by Gasteiger charge is 2.28. The molecule has 142 valence electrons. The SMILES string of the molecule is O=C(c1cccc([N+](=O)[O-])c1)N(c1ccc2ccccc2c1)C1CCCCC1. The molecule has 28 heavy (non-hydrogen) atoms. The zero-order valence-corrected chi connectivity index (χ0v) is 15.6. The third-order valence-electron chi connectivity index (χ3n) is 5.47. The van der Waals surface area contributed by atoms with Crippen LogP contribution >= 0.6 is 0 Å². The predicted octanol–water partition coefficient (Wildman–Crippen LogP) is 5.73. The lowest BCUT2D eigenvalue weighted by Gasteiger charge is -2.34. The van der Waals surface area contributed by atoms with Crippen LogP contribution in [0.2, 0.25) is 0 Å². The van der Waals surface area contributed by atoms with Crippen LogP contribution in [0.15, 0.2) is 66.7 Å². The maximum atomic E-state index is 13.5. The lowest BCUT2D eigenvalue weighted by atomic mass is 9.93. The summed E-state index contributed by atoms with van der Waals surface area (Å²) in [6.07, 6.45) is 5.28. The van der Waals surface area contributed by atoms with Gasteiger partial charge in [-0.1, -0.05) is 55.7 Å². The molecule has 0 N–H and O–H groups in total. The predicted molar refractivity (Wildman–Crippen MR) is 111 cm³/mol. The van der Waals surface area contributed by atoms with Gasteiger partial charge in [0.1, 0.15) is 0 Å². The highest BCUT2D eigenvalue weighted by molar-refractivity contribution is 6.07. The number of hydrogen-bond donors (Lipinski definition) is 0. The van der Waals surface area contributed by atoms with E-state index in [-0.39, 0.29) is 17.6 Å². The number of nitro groups is 1. The fraction of sp³-hybridized carbons (Fsp3) is 0.261. The quantitative estimate of drug-likeness (QED) is 0.433. The summed E-state index contributed by atoms with van der Waals surface area (Å²) in [7, 11) is 0. The summed E-state index contributed by atoms with van der Waals surface area (Å²) in [4.78, 5) is 26.0. The number of anilines is 1. The van der Waals surface area contributed by atoms with Crippen LogP contribution in [0.4, 0.5) is 11.4 Å². The van der Waals surface area contributed by atoms with Gasteiger partial charge < -0.3 is 4.90 Å². The first-order valence-corrected chi connectivity index (χ1v) is 9.70. The van der Waals surface area contributed by atoms with Crippen LogP contribution in [0, 0.1) is 10.1 Å². The second-order valence-corrected chi connectivity index (χ2v) is 7.31. The Bertz CT molecular complexity index is 1030. The normalized spacial score (nSPS) is 14.7. The lowest BCUT2D eigenvalue weighted by Crippen LogP contribution is -2.41. The number of nitrogens with zero attached hydrogens (tertiary/aromatic N) is 2. The van der Waals surface area contributed by atoms with Crippen molar-refractivity contribution in [2.45, 2.75) is 38.1 Å². The number of carbonyl (C=O) groups excluding carboxylic acids is 1. The number of benzene rings is 3. The van der Waals surface area contributed by atoms with Gasteiger partial charge in [0.2, 0.25) is 0 Å². The molecule has 0 radical (unpaired) electrons. The van der Waals surface area contributed by atoms with Crippen LogP contribution in [-0.2, 0) is 0 Å². The molecule has 0 spiro atoms. The second-order valence-electron chi connectivity index (χ2n) is 7.31. The molecule has 4 rings (SSSR count). The lowest BCUT2D eigenvalue weighted by molar-refractivity contribution is -0.384. The highest BCUT2D eigenvalue weighted by atomic mass is 16.6. The summed E-state index contributed by atoms with van der Waals surface area (Å²) >= 11 is 0. The molecule has 5 heteroatoms. The fourth-order valence-electron chi connectivity index (χ4n) is 4.05. The minimum Gasteiger partial charge on any atom is -0.305 e. The van der Waals surface area contributed by atoms with E-state index >= 15 is 0 Å². The molecule has 0 heterocycles. The minimum atomic E-state index is -0.461. The number of non-ortho nitro benzene ring substituents is 1. The summed E-state index contributed by atoms with van der Waals surface area (Å²) < 4.78 is 0. The molecule has 1 aliphatic rings. The molecule has 1 aliphatic carbocycles. The minimum absolute atomic E-state index is 0.0621. The molecule has 5 nitrogen and oxygen atoms in total. The van der Waals surface area contributed by atoms with E-state index < -0.39 is 4.92 Å². The highest BCUT2D eigenvalue weighted by Crippen LogP contribution is 2.31. The third-order valence-corrected chi connectivity index (χ3v) is 5.47. The molecule has 0 aliphatic heterocycles. The Kier molecular flexibility index (Phi) is 5.06. The van der Waals surface area contributed by atoms with Crippen molar-refractivity contribution in [1.29, 1.82) is 0 Å². The summed E-state index contributed by atoms with van der Waals surface area (Å²) in [5.41, 5.74) is 1.14. The molecule has 0 unspecified atom stereocenters. The van der Waals surface area contributed by atoms with E-state index in [0.29, 0.717) is 5.56 Å². The van der Waals surface area contributed by atoms with Crippen molar-refractivity contribution >= 4 is 28.1 Å². The van der Waals surface area contributed by atoms with Crippen molar-refractivity contribution in [2.75, 3.05) is 4.90 Å². The Morgan fingerprint density at radius 3 is 2.39 bits per heavy atom. The maximum Gasteiger partial charge on any atom is 0.270 e. The van der Waals surface area contributed by atoms with E-state index in [1.165, 1.54) is 18.6 Å². The molecule has 0 aromatic heterocycles. The van der Waals surface area contributed by atoms with Gasteiger partial charge in [0.25, 0.3) is 11.6 Å². The first kappa shape index (κ1) is 18.2. The molecular formula is C23H22N2O3. The molecule has 3 aromatic carbocycles. The average Bonchev–Trinajstić information content (AvgIpc) is 2.74. The van der Waals surface area contributed by atoms with Gasteiger partial charge in [-0.25, -0.2) is 0 Å². The number of nitro benzene ring substituents is 1. The maximum absolute atomic E-state index is 13.5. The number of fused-ring (bicyclic) bond motifs is 1. The molecule has 0 saturated heterocycles. The molecule has 1 fully saturated rings. The van der Waals surface area contributed by atoms with Crippen molar-refractivity contribution < 1.29 is 9.72 Å². The first-order chi connectivity index (χ1) is 13.6. The van der Waals surface area contributed by atoms with E-state index in [1.807, 2.05) is 47.4 Å². The molecule has 0 bridgehead atoms. The Balaban J connectivity index is 1.77. The molecule has 3 aromatic rings. The molecule has 1 amide bonds. The number of amides is 1. The van der Waals surface area contributed by atoms with Gasteiger partial charge in [0.05, 0.1) is 4.92 Å². The number of carbonyl (C=O) groups is 1. The van der Waals surface area contributed by atoms with Crippen molar-refractivity contribution in [3.05, 3.63) is 82.4 Å². The van der Waals surface area contributed by atoms with Crippen LogP contribution in [0.5, 0.6) is 0 Å². The van der Waals surface area contributed by atoms with Gasteiger partial charge in [-0.15, -0.1) is 0 Å². The van der Waals surface area contributed by atoms with E-state index in [1.54, 1.807) is 12.1 Å². The summed E-state index contributed by atoms with van der Waals surface area (Å²) in [5, 5.41) is 13.3. The largest absolute Gasteiger partial charge is 0.305 e. The zero-order valence-electron chi connectivity index (χ0n) is 15.6. The Hall–Kier alpha value is -3.21. The van der Waals surface area contributed by atoms with Crippen molar-refractivity contribution in [2.24, 2.45) is 0 Å². The van der Waals surface area contributed by atoms with Gasteiger partial charge >= 0.3 is 0 Å². The van der Waals surface area contributed by atoms with Crippen LogP contribution in [0.1, 0.15) is 42.5 Å². The first-order valence-electron chi connectivity index (χ1n) is 9.70. The van der Waals surface area contributed by atoms with Gasteiger partial charge in [-0.05, 0) is 41.8 Å². The Labute approximate surface area is 163 Å². The zero-order chi connectivity index (χ0) is 19.5. The van der Waals surface area contributed by atoms with Crippen LogP contribution in [0.3, 0.4) is 0 Å². The van der Waals surface area contributed by atoms with Crippen molar-refractivity contribution in [3.63, 3.8) is 0 Å². The van der Waals surface area contributed by atoms with Gasteiger partial charge in [0.15, 0.2) is 0 Å². The molecule has 0 atom stereocenters.